The molecule has 0 radical (unpaired) electrons. The molecule has 0 unspecified atom stereocenters. The average Bonchev–Trinajstić information content (AvgIpc) is 3.63. The summed E-state index contributed by atoms with van der Waals surface area (Å²) in [7, 11) is 0. The summed E-state index contributed by atoms with van der Waals surface area (Å²) in [5.74, 6) is 0. The van der Waals surface area contributed by atoms with Crippen LogP contribution in [0.15, 0.2) is 139 Å². The molecule has 0 aliphatic rings. The second-order valence-corrected chi connectivity index (χ2v) is 12.2. The van der Waals surface area contributed by atoms with E-state index in [-0.39, 0.29) is 0 Å². The van der Waals surface area contributed by atoms with Crippen LogP contribution in [0.4, 0.5) is 0 Å². The Morgan fingerprint density at radius 2 is 1.27 bits per heavy atom. The van der Waals surface area contributed by atoms with E-state index in [1.54, 1.807) is 17.4 Å². The van der Waals surface area contributed by atoms with Gasteiger partial charge >= 0.3 is 0 Å². The largest absolute Gasteiger partial charge is 0.463 e. The Labute approximate surface area is 259 Å². The zero-order valence-electron chi connectivity index (χ0n) is 24.1. The molecule has 44 heavy (non-hydrogen) atoms. The van der Waals surface area contributed by atoms with E-state index in [1.165, 1.54) is 42.8 Å². The first-order valence-corrected chi connectivity index (χ1v) is 15.5. The molecule has 8 rings (SSSR count). The minimum atomic E-state index is 0.900. The molecule has 2 heteroatoms. The Kier molecular flexibility index (Phi) is 6.18. The highest BCUT2D eigenvalue weighted by Crippen LogP contribution is 2.42. The van der Waals surface area contributed by atoms with Gasteiger partial charge in [0, 0.05) is 36.2 Å². The second kappa shape index (κ2) is 10.4. The molecule has 0 saturated carbocycles. The summed E-state index contributed by atoms with van der Waals surface area (Å²) >= 11 is 1.72. The summed E-state index contributed by atoms with van der Waals surface area (Å²) in [6.45, 7) is 13.1. The lowest BCUT2D eigenvalue weighted by molar-refractivity contribution is 0.618. The smallest absolute Gasteiger partial charge is 0.143 e. The second-order valence-electron chi connectivity index (χ2n) is 11.1. The lowest BCUT2D eigenvalue weighted by Crippen LogP contribution is -2.17. The van der Waals surface area contributed by atoms with Gasteiger partial charge in [0.25, 0.3) is 0 Å². The summed E-state index contributed by atoms with van der Waals surface area (Å²) in [5.41, 5.74) is 6.51. The molecular weight excluding hydrogens is 553 g/mol. The van der Waals surface area contributed by atoms with Crippen LogP contribution in [0.2, 0.25) is 0 Å². The summed E-state index contributed by atoms with van der Waals surface area (Å²) in [6, 6.07) is 36.6. The van der Waals surface area contributed by atoms with Gasteiger partial charge in [0.15, 0.2) is 0 Å². The third-order valence-electron chi connectivity index (χ3n) is 8.56. The third kappa shape index (κ3) is 3.92. The van der Waals surface area contributed by atoms with Crippen LogP contribution in [0.25, 0.3) is 88.8 Å². The van der Waals surface area contributed by atoms with Gasteiger partial charge in [-0.1, -0.05) is 141 Å². The predicted molar refractivity (Wildman–Crippen MR) is 193 cm³/mol. The summed E-state index contributed by atoms with van der Waals surface area (Å²) in [5, 5.41) is 10.5. The quantitative estimate of drug-likeness (QED) is 0.146. The van der Waals surface area contributed by atoms with Crippen molar-refractivity contribution in [2.75, 3.05) is 0 Å². The van der Waals surface area contributed by atoms with Crippen LogP contribution >= 0.6 is 11.3 Å². The number of thiophene rings is 1. The molecule has 0 N–H and O–H groups in total. The van der Waals surface area contributed by atoms with E-state index in [2.05, 4.69) is 128 Å². The summed E-state index contributed by atoms with van der Waals surface area (Å²) in [6.07, 6.45) is 9.89. The number of hydrogen-bond donors (Lipinski definition) is 0. The van der Waals surface area contributed by atoms with Crippen molar-refractivity contribution < 1.29 is 4.42 Å². The lowest BCUT2D eigenvalue weighted by atomic mass is 9.86. The van der Waals surface area contributed by atoms with Gasteiger partial charge in [0.1, 0.15) is 5.58 Å². The third-order valence-corrected chi connectivity index (χ3v) is 9.63. The van der Waals surface area contributed by atoms with E-state index in [9.17, 15) is 0 Å². The molecule has 2 heterocycles. The average molecular weight is 581 g/mol. The van der Waals surface area contributed by atoms with Gasteiger partial charge in [-0.15, -0.1) is 11.3 Å². The number of benzene rings is 6. The Balaban J connectivity index is 1.47. The Morgan fingerprint density at radius 1 is 0.682 bits per heavy atom. The normalized spacial score (nSPS) is 12.4. The van der Waals surface area contributed by atoms with Gasteiger partial charge in [-0.05, 0) is 55.3 Å². The molecule has 208 valence electrons. The number of hydrogen-bond acceptors (Lipinski definition) is 2. The van der Waals surface area contributed by atoms with Crippen molar-refractivity contribution in [2.45, 2.75) is 0 Å². The predicted octanol–water partition coefficient (Wildman–Crippen LogP) is 10.9. The Bertz CT molecular complexity index is 2540. The monoisotopic (exact) mass is 580 g/mol. The van der Waals surface area contributed by atoms with Crippen molar-refractivity contribution in [2.24, 2.45) is 0 Å². The Hall–Kier alpha value is -5.44. The minimum Gasteiger partial charge on any atom is -0.463 e. The van der Waals surface area contributed by atoms with E-state index in [0.29, 0.717) is 0 Å². The molecule has 0 bridgehead atoms. The van der Waals surface area contributed by atoms with Gasteiger partial charge in [0.05, 0.1) is 6.26 Å². The van der Waals surface area contributed by atoms with Gasteiger partial charge in [-0.2, -0.15) is 0 Å². The number of rotatable bonds is 5. The maximum atomic E-state index is 6.18. The Morgan fingerprint density at radius 3 is 1.93 bits per heavy atom. The molecule has 2 aromatic heterocycles. The highest BCUT2D eigenvalue weighted by Gasteiger charge is 2.19. The summed E-state index contributed by atoms with van der Waals surface area (Å²) < 4.78 is 8.37. The minimum absolute atomic E-state index is 0.900. The maximum Gasteiger partial charge on any atom is 0.143 e. The van der Waals surface area contributed by atoms with Crippen molar-refractivity contribution in [1.29, 1.82) is 0 Å². The van der Waals surface area contributed by atoms with E-state index in [0.717, 1.165) is 48.2 Å². The molecule has 0 aliphatic heterocycles. The van der Waals surface area contributed by atoms with Gasteiger partial charge < -0.3 is 4.42 Å². The fourth-order valence-corrected chi connectivity index (χ4v) is 7.87. The molecule has 0 spiro atoms. The number of fused-ring (bicyclic) bond motifs is 8. The van der Waals surface area contributed by atoms with Crippen LogP contribution in [0.3, 0.4) is 0 Å². The van der Waals surface area contributed by atoms with E-state index in [4.69, 9.17) is 11.0 Å². The molecule has 6 aromatic carbocycles. The molecule has 8 aromatic rings. The SMILES string of the molecule is C=C/C=C\c1coc2c3ccccc3c3/c(=C/C(=C)c4c5ccccc5c(-c5ccccc5)c5ccccc45)c(=C)sc3c12. The fourth-order valence-electron chi connectivity index (χ4n) is 6.72. The van der Waals surface area contributed by atoms with Crippen LogP contribution < -0.4 is 9.75 Å². The summed E-state index contributed by atoms with van der Waals surface area (Å²) in [4.78, 5) is 0. The molecule has 0 atom stereocenters. The maximum absolute atomic E-state index is 6.18. The molecule has 1 nitrogen and oxygen atoms in total. The van der Waals surface area contributed by atoms with Crippen molar-refractivity contribution in [3.05, 3.63) is 156 Å². The molecular formula is C42H28OS. The molecule has 0 saturated heterocycles. The highest BCUT2D eigenvalue weighted by molar-refractivity contribution is 7.18. The first-order chi connectivity index (χ1) is 21.7. The zero-order valence-corrected chi connectivity index (χ0v) is 25.0. The zero-order chi connectivity index (χ0) is 29.8. The van der Waals surface area contributed by atoms with Crippen molar-refractivity contribution >= 4 is 89.0 Å². The first-order valence-electron chi connectivity index (χ1n) is 14.7. The molecule has 0 amide bonds. The van der Waals surface area contributed by atoms with Gasteiger partial charge in [-0.3, -0.25) is 0 Å². The number of furan rings is 1. The van der Waals surface area contributed by atoms with Crippen LogP contribution in [0.5, 0.6) is 0 Å². The van der Waals surface area contributed by atoms with Crippen LogP contribution in [0.1, 0.15) is 11.1 Å². The van der Waals surface area contributed by atoms with Gasteiger partial charge in [-0.25, -0.2) is 0 Å². The van der Waals surface area contributed by atoms with Gasteiger partial charge in [0.2, 0.25) is 0 Å². The fraction of sp³-hybridized carbons (Fsp3) is 0. The van der Waals surface area contributed by atoms with Crippen LogP contribution in [0, 0.1) is 0 Å². The first kappa shape index (κ1) is 26.2. The van der Waals surface area contributed by atoms with Crippen molar-refractivity contribution in [1.82, 2.24) is 0 Å². The van der Waals surface area contributed by atoms with E-state index in [1.807, 2.05) is 12.3 Å². The topological polar surface area (TPSA) is 13.1 Å². The lowest BCUT2D eigenvalue weighted by Gasteiger charge is -2.17. The highest BCUT2D eigenvalue weighted by atomic mass is 32.1. The standard InChI is InChI=1S/C42H28OS/c1-4-5-15-29-25-43-41-35-23-14-13-22-34(35)40-36(27(3)44-42(40)39(29)41)24-26(2)37-30-18-9-11-20-32(30)38(28-16-7-6-8-17-28)33-21-12-10-19-31(33)37/h4-25H,1-3H2/b15-5-,36-24+. The number of allylic oxidation sites excluding steroid dienone is 3. The van der Waals surface area contributed by atoms with E-state index < -0.39 is 0 Å². The van der Waals surface area contributed by atoms with Crippen molar-refractivity contribution in [3.63, 3.8) is 0 Å². The van der Waals surface area contributed by atoms with Crippen LogP contribution in [-0.4, -0.2) is 0 Å². The van der Waals surface area contributed by atoms with Crippen molar-refractivity contribution in [3.8, 4) is 11.1 Å². The molecule has 0 aliphatic carbocycles. The van der Waals surface area contributed by atoms with E-state index >= 15 is 0 Å². The molecule has 0 fully saturated rings. The van der Waals surface area contributed by atoms with Crippen LogP contribution in [-0.2, 0) is 0 Å².